The fraction of sp³-hybridized carbons (Fsp3) is 0.591. The fourth-order valence-corrected chi connectivity index (χ4v) is 1.50. The number of hydrogen-bond donors (Lipinski definition) is 1. The summed E-state index contributed by atoms with van der Waals surface area (Å²) in [7, 11) is 0. The minimum atomic E-state index is -0.981. The molecular formula is C22H38O6. The molecule has 0 aromatic carbocycles. The van der Waals surface area contributed by atoms with Gasteiger partial charge in [-0.15, -0.1) is 0 Å². The van der Waals surface area contributed by atoms with E-state index in [9.17, 15) is 14.4 Å². The van der Waals surface area contributed by atoms with Gasteiger partial charge in [0.05, 0.1) is 13.2 Å². The topological polar surface area (TPSA) is 89.9 Å². The molecule has 0 unspecified atom stereocenters. The summed E-state index contributed by atoms with van der Waals surface area (Å²) < 4.78 is 9.65. The van der Waals surface area contributed by atoms with Crippen LogP contribution in [0.25, 0.3) is 0 Å². The number of carboxylic acids is 1. The highest BCUT2D eigenvalue weighted by Crippen LogP contribution is 2.07. The van der Waals surface area contributed by atoms with Crippen molar-refractivity contribution in [1.82, 2.24) is 0 Å². The number of aliphatic carboxylic acids is 1. The van der Waals surface area contributed by atoms with Crippen LogP contribution in [0, 0.1) is 5.92 Å². The van der Waals surface area contributed by atoms with Crippen molar-refractivity contribution in [2.45, 2.75) is 66.2 Å². The van der Waals surface area contributed by atoms with Gasteiger partial charge >= 0.3 is 17.9 Å². The number of rotatable bonds is 12. The molecule has 0 aromatic heterocycles. The van der Waals surface area contributed by atoms with E-state index in [1.165, 1.54) is 18.9 Å². The highest BCUT2D eigenvalue weighted by molar-refractivity contribution is 5.86. The highest BCUT2D eigenvalue weighted by Gasteiger charge is 2.00. The lowest BCUT2D eigenvalue weighted by atomic mass is 10.1. The number of carbonyl (C=O) groups excluding carboxylic acids is 2. The molecule has 1 N–H and O–H groups in total. The van der Waals surface area contributed by atoms with Gasteiger partial charge in [-0.1, -0.05) is 66.2 Å². The Kier molecular flexibility index (Phi) is 24.6. The van der Waals surface area contributed by atoms with Gasteiger partial charge in [0.2, 0.25) is 0 Å². The van der Waals surface area contributed by atoms with Gasteiger partial charge in [0.25, 0.3) is 0 Å². The van der Waals surface area contributed by atoms with Crippen LogP contribution < -0.4 is 0 Å². The predicted octanol–water partition coefficient (Wildman–Crippen LogP) is 5.09. The molecule has 0 fully saturated rings. The molecule has 0 heterocycles. The molecule has 0 saturated carbocycles. The Morgan fingerprint density at radius 1 is 0.964 bits per heavy atom. The second-order valence-electron chi connectivity index (χ2n) is 6.43. The van der Waals surface area contributed by atoms with Crippen LogP contribution in [0.4, 0.5) is 0 Å². The van der Waals surface area contributed by atoms with Crippen LogP contribution >= 0.6 is 0 Å². The molecule has 0 rings (SSSR count). The molecule has 0 aromatic rings. The molecule has 0 atom stereocenters. The van der Waals surface area contributed by atoms with Crippen molar-refractivity contribution < 1.29 is 29.0 Å². The summed E-state index contributed by atoms with van der Waals surface area (Å²) >= 11 is 0. The molecule has 162 valence electrons. The molecular weight excluding hydrogens is 360 g/mol. The van der Waals surface area contributed by atoms with Gasteiger partial charge in [-0.25, -0.2) is 14.4 Å². The van der Waals surface area contributed by atoms with E-state index in [-0.39, 0.29) is 11.9 Å². The van der Waals surface area contributed by atoms with Crippen LogP contribution in [0.5, 0.6) is 0 Å². The third-order valence-electron chi connectivity index (χ3n) is 3.09. The van der Waals surface area contributed by atoms with E-state index in [1.54, 1.807) is 6.92 Å². The molecule has 6 nitrogen and oxygen atoms in total. The minimum absolute atomic E-state index is 0.284. The van der Waals surface area contributed by atoms with E-state index >= 15 is 0 Å². The molecule has 0 aliphatic rings. The smallest absolute Gasteiger partial charge is 0.333 e. The molecule has 0 spiro atoms. The van der Waals surface area contributed by atoms with Crippen LogP contribution in [0.1, 0.15) is 66.2 Å². The fourth-order valence-electron chi connectivity index (χ4n) is 1.50. The highest BCUT2D eigenvalue weighted by atomic mass is 16.5. The van der Waals surface area contributed by atoms with Crippen LogP contribution in [-0.4, -0.2) is 36.2 Å². The Labute approximate surface area is 170 Å². The van der Waals surface area contributed by atoms with Crippen molar-refractivity contribution in [3.05, 3.63) is 37.5 Å². The molecule has 0 radical (unpaired) electrons. The monoisotopic (exact) mass is 398 g/mol. The van der Waals surface area contributed by atoms with Gasteiger partial charge in [0.1, 0.15) is 0 Å². The molecule has 6 heteroatoms. The third kappa shape index (κ3) is 31.4. The minimum Gasteiger partial charge on any atom is -0.478 e. The van der Waals surface area contributed by atoms with Gasteiger partial charge in [0.15, 0.2) is 0 Å². The summed E-state index contributed by atoms with van der Waals surface area (Å²) in [6.45, 7) is 18.9. The Bertz CT molecular complexity index is 466. The lowest BCUT2D eigenvalue weighted by Gasteiger charge is -2.04. The first-order valence-electron chi connectivity index (χ1n) is 9.59. The standard InChI is InChI=1S/C11H20O2.C8H14O2.C3H4O2/c1-4-11(12)13-9-7-5-6-8-10(2)3;1-4-5-6-10-8(9)7(2)3;1-2-3(4)5/h4,10H,1,5-9H2,2-3H3;2,4-6H2,1,3H3;2H,1H2,(H,4,5). The summed E-state index contributed by atoms with van der Waals surface area (Å²) in [5.41, 5.74) is 0.469. The zero-order valence-corrected chi connectivity index (χ0v) is 18.0. The Morgan fingerprint density at radius 3 is 1.89 bits per heavy atom. The summed E-state index contributed by atoms with van der Waals surface area (Å²) in [5, 5.41) is 7.60. The second kappa shape index (κ2) is 22.7. The van der Waals surface area contributed by atoms with Crippen molar-refractivity contribution in [2.75, 3.05) is 13.2 Å². The molecule has 0 aliphatic carbocycles. The first kappa shape index (κ1) is 30.4. The van der Waals surface area contributed by atoms with Crippen molar-refractivity contribution in [2.24, 2.45) is 5.92 Å². The Morgan fingerprint density at radius 2 is 1.50 bits per heavy atom. The van der Waals surface area contributed by atoms with E-state index in [0.717, 1.165) is 37.7 Å². The third-order valence-corrected chi connectivity index (χ3v) is 3.09. The first-order valence-corrected chi connectivity index (χ1v) is 9.59. The normalized spacial score (nSPS) is 9.04. The summed E-state index contributed by atoms with van der Waals surface area (Å²) in [6, 6.07) is 0. The second-order valence-corrected chi connectivity index (χ2v) is 6.43. The lowest BCUT2D eigenvalue weighted by molar-refractivity contribution is -0.139. The number of ether oxygens (including phenoxy) is 2. The van der Waals surface area contributed by atoms with Crippen LogP contribution in [0.15, 0.2) is 37.5 Å². The summed E-state index contributed by atoms with van der Waals surface area (Å²) in [6.07, 6.45) is 8.60. The maximum Gasteiger partial charge on any atom is 0.333 e. The number of unbranched alkanes of at least 4 members (excludes halogenated alkanes) is 3. The van der Waals surface area contributed by atoms with Gasteiger partial charge < -0.3 is 14.6 Å². The maximum absolute atomic E-state index is 10.7. The first-order chi connectivity index (χ1) is 13.1. The molecule has 0 bridgehead atoms. The summed E-state index contributed by atoms with van der Waals surface area (Å²) in [5.74, 6) is -0.807. The van der Waals surface area contributed by atoms with Gasteiger partial charge in [0, 0.05) is 17.7 Å². The average molecular weight is 399 g/mol. The summed E-state index contributed by atoms with van der Waals surface area (Å²) in [4.78, 5) is 30.6. The molecule has 0 saturated heterocycles. The van der Waals surface area contributed by atoms with E-state index in [2.05, 4.69) is 40.5 Å². The van der Waals surface area contributed by atoms with E-state index in [1.807, 2.05) is 0 Å². The predicted molar refractivity (Wildman–Crippen MR) is 113 cm³/mol. The lowest BCUT2D eigenvalue weighted by Crippen LogP contribution is -2.05. The van der Waals surface area contributed by atoms with Crippen molar-refractivity contribution in [1.29, 1.82) is 0 Å². The average Bonchev–Trinajstić information content (AvgIpc) is 2.65. The largest absolute Gasteiger partial charge is 0.478 e. The SMILES string of the molecule is C=C(C)C(=O)OCCCC.C=CC(=O)O.C=CC(=O)OCCCCCC(C)C. The van der Waals surface area contributed by atoms with Crippen LogP contribution in [-0.2, 0) is 23.9 Å². The zero-order valence-electron chi connectivity index (χ0n) is 18.0. The maximum atomic E-state index is 10.7. The van der Waals surface area contributed by atoms with Gasteiger partial charge in [-0.3, -0.25) is 0 Å². The van der Waals surface area contributed by atoms with Crippen LogP contribution in [0.3, 0.4) is 0 Å². The quantitative estimate of drug-likeness (QED) is 0.280. The number of carbonyl (C=O) groups is 3. The molecule has 0 aliphatic heterocycles. The number of esters is 2. The Balaban J connectivity index is -0.000000368. The van der Waals surface area contributed by atoms with E-state index in [4.69, 9.17) is 14.6 Å². The van der Waals surface area contributed by atoms with Crippen molar-refractivity contribution in [3.8, 4) is 0 Å². The number of carboxylic acid groups (broad SMARTS) is 1. The van der Waals surface area contributed by atoms with Gasteiger partial charge in [-0.05, 0) is 25.7 Å². The van der Waals surface area contributed by atoms with E-state index < -0.39 is 5.97 Å². The van der Waals surface area contributed by atoms with Crippen molar-refractivity contribution in [3.63, 3.8) is 0 Å². The Hall–Kier alpha value is -2.37. The van der Waals surface area contributed by atoms with Gasteiger partial charge in [-0.2, -0.15) is 0 Å². The van der Waals surface area contributed by atoms with Crippen LogP contribution in [0.2, 0.25) is 0 Å². The van der Waals surface area contributed by atoms with Crippen molar-refractivity contribution >= 4 is 17.9 Å². The molecule has 28 heavy (non-hydrogen) atoms. The zero-order chi connectivity index (χ0) is 22.4. The van der Waals surface area contributed by atoms with E-state index in [0.29, 0.717) is 18.8 Å². The molecule has 0 amide bonds. The number of hydrogen-bond acceptors (Lipinski definition) is 5.